The first-order valence-electron chi connectivity index (χ1n) is 5.78. The maximum absolute atomic E-state index is 5.28. The lowest BCUT2D eigenvalue weighted by Gasteiger charge is -2.40. The van der Waals surface area contributed by atoms with Crippen LogP contribution in [0.3, 0.4) is 0 Å². The molecule has 0 aromatic carbocycles. The number of hydrogen-bond acceptors (Lipinski definition) is 3. The van der Waals surface area contributed by atoms with Crippen LogP contribution in [0.5, 0.6) is 0 Å². The lowest BCUT2D eigenvalue weighted by Crippen LogP contribution is -2.55. The van der Waals surface area contributed by atoms with Crippen LogP contribution in [0.1, 0.15) is 26.7 Å². The number of methoxy groups -OCH3 is 1. The molecule has 0 bridgehead atoms. The van der Waals surface area contributed by atoms with Gasteiger partial charge in [-0.05, 0) is 12.8 Å². The topological polar surface area (TPSA) is 24.5 Å². The highest BCUT2D eigenvalue weighted by Crippen LogP contribution is 2.14. The van der Waals surface area contributed by atoms with E-state index in [1.165, 1.54) is 19.4 Å². The molecule has 2 unspecified atom stereocenters. The molecule has 1 aliphatic rings. The molecule has 3 nitrogen and oxygen atoms in total. The van der Waals surface area contributed by atoms with E-state index in [2.05, 4.69) is 24.1 Å². The van der Waals surface area contributed by atoms with Gasteiger partial charge in [0.15, 0.2) is 0 Å². The van der Waals surface area contributed by atoms with Crippen molar-refractivity contribution in [3.63, 3.8) is 0 Å². The Morgan fingerprint density at radius 1 is 1.50 bits per heavy atom. The second-order valence-electron chi connectivity index (χ2n) is 4.02. The van der Waals surface area contributed by atoms with Crippen LogP contribution in [-0.2, 0) is 4.74 Å². The van der Waals surface area contributed by atoms with Gasteiger partial charge in [0.1, 0.15) is 0 Å². The predicted molar refractivity (Wildman–Crippen MR) is 59.6 cm³/mol. The zero-order valence-electron chi connectivity index (χ0n) is 9.75. The van der Waals surface area contributed by atoms with E-state index >= 15 is 0 Å². The molecular weight excluding hydrogens is 176 g/mol. The highest BCUT2D eigenvalue weighted by atomic mass is 16.5. The summed E-state index contributed by atoms with van der Waals surface area (Å²) in [5.41, 5.74) is 0. The van der Waals surface area contributed by atoms with E-state index < -0.39 is 0 Å². The van der Waals surface area contributed by atoms with Crippen LogP contribution in [0.2, 0.25) is 0 Å². The molecule has 14 heavy (non-hydrogen) atoms. The minimum absolute atomic E-state index is 0.604. The van der Waals surface area contributed by atoms with Crippen molar-refractivity contribution in [1.29, 1.82) is 0 Å². The molecule has 0 aromatic heterocycles. The van der Waals surface area contributed by atoms with Gasteiger partial charge in [0.2, 0.25) is 0 Å². The zero-order valence-corrected chi connectivity index (χ0v) is 9.75. The van der Waals surface area contributed by atoms with Gasteiger partial charge >= 0.3 is 0 Å². The Hall–Kier alpha value is -0.120. The Morgan fingerprint density at radius 3 is 2.86 bits per heavy atom. The van der Waals surface area contributed by atoms with Crippen LogP contribution in [0, 0.1) is 0 Å². The minimum Gasteiger partial charge on any atom is -0.383 e. The molecule has 0 aliphatic carbocycles. The second-order valence-corrected chi connectivity index (χ2v) is 4.02. The molecule has 84 valence electrons. The summed E-state index contributed by atoms with van der Waals surface area (Å²) in [5.74, 6) is 0. The van der Waals surface area contributed by atoms with Crippen molar-refractivity contribution in [1.82, 2.24) is 10.2 Å². The molecule has 1 rings (SSSR count). The third kappa shape index (κ3) is 2.94. The van der Waals surface area contributed by atoms with Crippen molar-refractivity contribution < 1.29 is 4.74 Å². The normalized spacial score (nSPS) is 26.4. The second kappa shape index (κ2) is 6.38. The van der Waals surface area contributed by atoms with E-state index in [-0.39, 0.29) is 0 Å². The third-order valence-corrected chi connectivity index (χ3v) is 3.17. The summed E-state index contributed by atoms with van der Waals surface area (Å²) in [6, 6.07) is 1.30. The lowest BCUT2D eigenvalue weighted by atomic mass is 10.1. The van der Waals surface area contributed by atoms with Gasteiger partial charge in [-0.2, -0.15) is 0 Å². The SMILES string of the molecule is CCC1CNCCN1C(CC)COC. The van der Waals surface area contributed by atoms with Gasteiger partial charge in [0, 0.05) is 38.8 Å². The number of piperazine rings is 1. The largest absolute Gasteiger partial charge is 0.383 e. The molecule has 0 aromatic rings. The van der Waals surface area contributed by atoms with Gasteiger partial charge in [0.25, 0.3) is 0 Å². The predicted octanol–water partition coefficient (Wildman–Crippen LogP) is 1.10. The highest BCUT2D eigenvalue weighted by Gasteiger charge is 2.26. The number of nitrogens with one attached hydrogen (secondary N) is 1. The molecule has 0 saturated carbocycles. The highest BCUT2D eigenvalue weighted by molar-refractivity contribution is 4.83. The summed E-state index contributed by atoms with van der Waals surface area (Å²) >= 11 is 0. The van der Waals surface area contributed by atoms with Gasteiger partial charge in [-0.25, -0.2) is 0 Å². The average molecular weight is 200 g/mol. The average Bonchev–Trinajstić information content (AvgIpc) is 2.26. The van der Waals surface area contributed by atoms with Crippen molar-refractivity contribution >= 4 is 0 Å². The maximum atomic E-state index is 5.28. The standard InChI is InChI=1S/C11H24N2O/c1-4-10-8-12-6-7-13(10)11(5-2)9-14-3/h10-12H,4-9H2,1-3H3. The van der Waals surface area contributed by atoms with Crippen molar-refractivity contribution in [2.45, 2.75) is 38.8 Å². The monoisotopic (exact) mass is 200 g/mol. The van der Waals surface area contributed by atoms with Crippen LogP contribution in [0.25, 0.3) is 0 Å². The van der Waals surface area contributed by atoms with Gasteiger partial charge in [-0.3, -0.25) is 4.90 Å². The molecule has 1 fully saturated rings. The van der Waals surface area contributed by atoms with Crippen molar-refractivity contribution in [3.8, 4) is 0 Å². The van der Waals surface area contributed by atoms with Gasteiger partial charge in [0.05, 0.1) is 6.61 Å². The summed E-state index contributed by atoms with van der Waals surface area (Å²) in [6.45, 7) is 8.81. The number of ether oxygens (including phenoxy) is 1. The summed E-state index contributed by atoms with van der Waals surface area (Å²) in [7, 11) is 1.80. The Balaban J connectivity index is 2.51. The fourth-order valence-electron chi connectivity index (χ4n) is 2.28. The first kappa shape index (κ1) is 12.0. The van der Waals surface area contributed by atoms with Crippen molar-refractivity contribution in [2.75, 3.05) is 33.4 Å². The van der Waals surface area contributed by atoms with E-state index in [0.29, 0.717) is 12.1 Å². The summed E-state index contributed by atoms with van der Waals surface area (Å²) in [5, 5.41) is 3.45. The number of rotatable bonds is 5. The molecule has 0 radical (unpaired) electrons. The molecule has 1 saturated heterocycles. The summed E-state index contributed by atoms with van der Waals surface area (Å²) < 4.78 is 5.28. The molecular formula is C11H24N2O. The van der Waals surface area contributed by atoms with Gasteiger partial charge in [-0.15, -0.1) is 0 Å². The van der Waals surface area contributed by atoms with Crippen molar-refractivity contribution in [2.24, 2.45) is 0 Å². The Bertz CT molecular complexity index is 152. The van der Waals surface area contributed by atoms with Gasteiger partial charge in [-0.1, -0.05) is 13.8 Å². The minimum atomic E-state index is 0.604. The quantitative estimate of drug-likeness (QED) is 0.719. The van der Waals surface area contributed by atoms with Gasteiger partial charge < -0.3 is 10.1 Å². The molecule has 1 aliphatic heterocycles. The first-order valence-corrected chi connectivity index (χ1v) is 5.78. The Labute approximate surface area is 87.8 Å². The molecule has 2 atom stereocenters. The van der Waals surface area contributed by atoms with E-state index in [4.69, 9.17) is 4.74 Å². The summed E-state index contributed by atoms with van der Waals surface area (Å²) in [4.78, 5) is 2.61. The van der Waals surface area contributed by atoms with Crippen molar-refractivity contribution in [3.05, 3.63) is 0 Å². The molecule has 1 N–H and O–H groups in total. The molecule has 3 heteroatoms. The van der Waals surface area contributed by atoms with Crippen LogP contribution < -0.4 is 5.32 Å². The van der Waals surface area contributed by atoms with E-state index in [1.807, 2.05) is 0 Å². The van der Waals surface area contributed by atoms with Crippen LogP contribution >= 0.6 is 0 Å². The van der Waals surface area contributed by atoms with E-state index in [9.17, 15) is 0 Å². The van der Waals surface area contributed by atoms with Crippen LogP contribution in [-0.4, -0.2) is 50.3 Å². The fraction of sp³-hybridized carbons (Fsp3) is 1.00. The fourth-order valence-corrected chi connectivity index (χ4v) is 2.28. The third-order valence-electron chi connectivity index (χ3n) is 3.17. The molecule has 0 spiro atoms. The van der Waals surface area contributed by atoms with Crippen LogP contribution in [0.4, 0.5) is 0 Å². The molecule has 0 amide bonds. The number of nitrogens with zero attached hydrogens (tertiary/aromatic N) is 1. The Kier molecular flexibility index (Phi) is 5.45. The number of hydrogen-bond donors (Lipinski definition) is 1. The lowest BCUT2D eigenvalue weighted by molar-refractivity contribution is 0.0436. The summed E-state index contributed by atoms with van der Waals surface area (Å²) in [6.07, 6.45) is 2.41. The van der Waals surface area contributed by atoms with E-state index in [0.717, 1.165) is 19.7 Å². The Morgan fingerprint density at radius 2 is 2.29 bits per heavy atom. The van der Waals surface area contributed by atoms with Crippen LogP contribution in [0.15, 0.2) is 0 Å². The maximum Gasteiger partial charge on any atom is 0.0618 e. The molecule has 1 heterocycles. The smallest absolute Gasteiger partial charge is 0.0618 e. The van der Waals surface area contributed by atoms with E-state index in [1.54, 1.807) is 7.11 Å². The first-order chi connectivity index (χ1) is 6.83. The zero-order chi connectivity index (χ0) is 10.4.